The molecule has 0 saturated heterocycles. The van der Waals surface area contributed by atoms with Crippen molar-refractivity contribution in [2.75, 3.05) is 33.1 Å². The van der Waals surface area contributed by atoms with Crippen LogP contribution in [0.1, 0.15) is 22.3 Å². The maximum atomic E-state index is 13.1. The topological polar surface area (TPSA) is 176 Å². The molecule has 3 aromatic carbocycles. The van der Waals surface area contributed by atoms with E-state index in [2.05, 4.69) is 10.2 Å². The highest BCUT2D eigenvalue weighted by atomic mass is 32.2. The van der Waals surface area contributed by atoms with Crippen molar-refractivity contribution in [3.05, 3.63) is 90.0 Å². The first kappa shape index (κ1) is 32.7. The molecule has 0 aliphatic heterocycles. The fourth-order valence-corrected chi connectivity index (χ4v) is 4.22. The lowest BCUT2D eigenvalue weighted by molar-refractivity contribution is -0.134. The van der Waals surface area contributed by atoms with Crippen LogP contribution in [0.15, 0.2) is 83.8 Å². The second-order valence-corrected chi connectivity index (χ2v) is 10.6. The molecule has 0 radical (unpaired) electrons. The number of aryl methyl sites for hydroxylation is 1. The van der Waals surface area contributed by atoms with Gasteiger partial charge >= 0.3 is 11.9 Å². The largest absolute Gasteiger partial charge is 0.496 e. The van der Waals surface area contributed by atoms with Crippen LogP contribution in [-0.2, 0) is 26.0 Å². The Kier molecular flexibility index (Phi) is 12.2. The lowest BCUT2D eigenvalue weighted by atomic mass is 10.0. The summed E-state index contributed by atoms with van der Waals surface area (Å²) in [7, 11) is 1.91. The zero-order valence-electron chi connectivity index (χ0n) is 22.9. The van der Waals surface area contributed by atoms with Crippen molar-refractivity contribution in [1.29, 1.82) is 0 Å². The van der Waals surface area contributed by atoms with Gasteiger partial charge in [0.05, 0.1) is 12.0 Å². The second kappa shape index (κ2) is 15.3. The number of nitrogens with zero attached hydrogens (tertiary/aromatic N) is 1. The molecule has 0 aliphatic carbocycles. The number of primary sulfonamides is 1. The summed E-state index contributed by atoms with van der Waals surface area (Å²) in [6.45, 7) is 0.942. The number of hydrogen-bond donors (Lipinski definition) is 4. The normalized spacial score (nSPS) is 11.0. The highest BCUT2D eigenvalue weighted by Gasteiger charge is 2.14. The molecule has 0 heterocycles. The van der Waals surface area contributed by atoms with Gasteiger partial charge in [-0.2, -0.15) is 0 Å². The van der Waals surface area contributed by atoms with E-state index in [-0.39, 0.29) is 10.8 Å². The molecule has 0 aliphatic rings. The summed E-state index contributed by atoms with van der Waals surface area (Å²) in [5, 5.41) is 23.8. The SMILES string of the molecule is COc1ccc(C(=O)Nc2ccccc2-c2ccc(S(N)(=O)=O)cc2)cc1CCCN(C)C.O=C(O)C=CC(=O)O. The van der Waals surface area contributed by atoms with Gasteiger partial charge in [0, 0.05) is 29.0 Å². The van der Waals surface area contributed by atoms with Crippen LogP contribution in [-0.4, -0.2) is 69.1 Å². The Morgan fingerprint density at radius 3 is 2.10 bits per heavy atom. The van der Waals surface area contributed by atoms with Crippen molar-refractivity contribution in [2.24, 2.45) is 5.14 Å². The Balaban J connectivity index is 0.000000642. The van der Waals surface area contributed by atoms with Crippen molar-refractivity contribution in [2.45, 2.75) is 17.7 Å². The first-order chi connectivity index (χ1) is 19.3. The lowest BCUT2D eigenvalue weighted by Gasteiger charge is -2.14. The predicted molar refractivity (Wildman–Crippen MR) is 155 cm³/mol. The molecule has 0 bridgehead atoms. The number of ether oxygens (including phenoxy) is 1. The number of nitrogens with one attached hydrogen (secondary N) is 1. The van der Waals surface area contributed by atoms with E-state index in [0.717, 1.165) is 41.8 Å². The molecule has 1 amide bonds. The number of methoxy groups -OCH3 is 1. The molecule has 0 spiro atoms. The highest BCUT2D eigenvalue weighted by molar-refractivity contribution is 7.89. The smallest absolute Gasteiger partial charge is 0.328 e. The van der Waals surface area contributed by atoms with Crippen molar-refractivity contribution in [3.63, 3.8) is 0 Å². The van der Waals surface area contributed by atoms with E-state index in [1.54, 1.807) is 25.3 Å². The Bertz CT molecular complexity index is 1480. The van der Waals surface area contributed by atoms with Gasteiger partial charge in [0.2, 0.25) is 10.0 Å². The summed E-state index contributed by atoms with van der Waals surface area (Å²) >= 11 is 0. The zero-order chi connectivity index (χ0) is 30.6. The number of benzene rings is 3. The molecule has 5 N–H and O–H groups in total. The quantitative estimate of drug-likeness (QED) is 0.246. The third-order valence-corrected chi connectivity index (χ3v) is 6.56. The molecule has 12 heteroatoms. The molecule has 0 aromatic heterocycles. The van der Waals surface area contributed by atoms with Gasteiger partial charge in [-0.1, -0.05) is 30.3 Å². The van der Waals surface area contributed by atoms with Crippen LogP contribution in [0.2, 0.25) is 0 Å². The number of carboxylic acid groups (broad SMARTS) is 2. The maximum absolute atomic E-state index is 13.1. The minimum Gasteiger partial charge on any atom is -0.496 e. The monoisotopic (exact) mass is 583 g/mol. The predicted octanol–water partition coefficient (Wildman–Crippen LogP) is 3.47. The number of carboxylic acids is 2. The molecule has 0 fully saturated rings. The second-order valence-electron chi connectivity index (χ2n) is 9.01. The first-order valence-electron chi connectivity index (χ1n) is 12.3. The molecule has 218 valence electrons. The van der Waals surface area contributed by atoms with Crippen LogP contribution in [0.4, 0.5) is 5.69 Å². The van der Waals surface area contributed by atoms with Gasteiger partial charge in [0.25, 0.3) is 5.91 Å². The van der Waals surface area contributed by atoms with Gasteiger partial charge in [0.15, 0.2) is 0 Å². The molecule has 41 heavy (non-hydrogen) atoms. The van der Waals surface area contributed by atoms with Gasteiger partial charge < -0.3 is 25.2 Å². The number of nitrogens with two attached hydrogens (primary N) is 1. The van der Waals surface area contributed by atoms with Gasteiger partial charge in [-0.25, -0.2) is 23.1 Å². The summed E-state index contributed by atoms with van der Waals surface area (Å²) < 4.78 is 28.5. The van der Waals surface area contributed by atoms with Crippen molar-refractivity contribution in [3.8, 4) is 16.9 Å². The molecule has 3 rings (SSSR count). The van der Waals surface area contributed by atoms with E-state index in [4.69, 9.17) is 20.1 Å². The summed E-state index contributed by atoms with van der Waals surface area (Å²) in [5.41, 5.74) is 3.67. The minimum absolute atomic E-state index is 0.0350. The summed E-state index contributed by atoms with van der Waals surface area (Å²) in [5.74, 6) is -1.99. The van der Waals surface area contributed by atoms with Crippen LogP contribution < -0.4 is 15.2 Å². The average molecular weight is 584 g/mol. The Morgan fingerprint density at radius 2 is 1.56 bits per heavy atom. The van der Waals surface area contributed by atoms with E-state index in [1.165, 1.54) is 12.1 Å². The fourth-order valence-electron chi connectivity index (χ4n) is 3.71. The van der Waals surface area contributed by atoms with Crippen molar-refractivity contribution >= 4 is 33.6 Å². The third kappa shape index (κ3) is 10.9. The van der Waals surface area contributed by atoms with E-state index >= 15 is 0 Å². The van der Waals surface area contributed by atoms with Crippen molar-refractivity contribution < 1.29 is 37.8 Å². The van der Waals surface area contributed by atoms with Crippen LogP contribution >= 0.6 is 0 Å². The number of rotatable bonds is 11. The number of amides is 1. The molecule has 0 atom stereocenters. The van der Waals surface area contributed by atoms with E-state index in [0.29, 0.717) is 23.4 Å². The van der Waals surface area contributed by atoms with Crippen LogP contribution in [0.3, 0.4) is 0 Å². The maximum Gasteiger partial charge on any atom is 0.328 e. The van der Waals surface area contributed by atoms with Gasteiger partial charge in [-0.05, 0) is 81.0 Å². The van der Waals surface area contributed by atoms with Gasteiger partial charge in [-0.3, -0.25) is 4.79 Å². The van der Waals surface area contributed by atoms with Crippen LogP contribution in [0, 0.1) is 0 Å². The number of hydrogen-bond acceptors (Lipinski definition) is 7. The highest BCUT2D eigenvalue weighted by Crippen LogP contribution is 2.29. The summed E-state index contributed by atoms with van der Waals surface area (Å²) in [4.78, 5) is 34.3. The molecule has 0 unspecified atom stereocenters. The molecular formula is C29H33N3O8S. The first-order valence-corrected chi connectivity index (χ1v) is 13.9. The van der Waals surface area contributed by atoms with Gasteiger partial charge in [-0.15, -0.1) is 0 Å². The molecule has 3 aromatic rings. The molecular weight excluding hydrogens is 550 g/mol. The molecule has 11 nitrogen and oxygen atoms in total. The number of para-hydroxylation sites is 1. The standard InChI is InChI=1S/C25H29N3O4S.C4H4O4/c1-28(2)16-6-7-19-17-20(12-15-24(19)32-3)25(29)27-23-9-5-4-8-22(23)18-10-13-21(14-11-18)33(26,30)31;5-3(6)1-2-4(7)8/h4-5,8-15,17H,6-7,16H2,1-3H3,(H,27,29)(H2,26,30,31);1-2H,(H,5,6)(H,7,8). The average Bonchev–Trinajstić information content (AvgIpc) is 2.92. The van der Waals surface area contributed by atoms with E-state index in [9.17, 15) is 22.8 Å². The van der Waals surface area contributed by atoms with E-state index < -0.39 is 22.0 Å². The number of carbonyl (C=O) groups is 3. The Hall–Kier alpha value is -4.52. The van der Waals surface area contributed by atoms with Crippen molar-refractivity contribution in [1.82, 2.24) is 4.90 Å². The van der Waals surface area contributed by atoms with E-state index in [1.807, 2.05) is 50.5 Å². The lowest BCUT2D eigenvalue weighted by Crippen LogP contribution is -2.15. The third-order valence-electron chi connectivity index (χ3n) is 5.63. The molecule has 0 saturated carbocycles. The zero-order valence-corrected chi connectivity index (χ0v) is 23.7. The number of anilines is 1. The van der Waals surface area contributed by atoms with Gasteiger partial charge in [0.1, 0.15) is 5.75 Å². The fraction of sp³-hybridized carbons (Fsp3) is 0.207. The Labute approximate surface area is 238 Å². The number of aliphatic carboxylic acids is 2. The summed E-state index contributed by atoms with van der Waals surface area (Å²) in [6.07, 6.45) is 2.87. The number of sulfonamides is 1. The minimum atomic E-state index is -3.77. The van der Waals surface area contributed by atoms with Crippen LogP contribution in [0.25, 0.3) is 11.1 Å². The van der Waals surface area contributed by atoms with Crippen LogP contribution in [0.5, 0.6) is 5.75 Å². The number of carbonyl (C=O) groups excluding carboxylic acids is 1. The summed E-state index contributed by atoms with van der Waals surface area (Å²) in [6, 6.07) is 19.0. The Morgan fingerprint density at radius 1 is 0.951 bits per heavy atom.